The number of hydrogen-bond donors (Lipinski definition) is 1. The number of aromatic nitrogens is 1. The summed E-state index contributed by atoms with van der Waals surface area (Å²) >= 11 is 0. The summed E-state index contributed by atoms with van der Waals surface area (Å²) in [4.78, 5) is 3.93. The quantitative estimate of drug-likeness (QED) is 0.855. The molecule has 21 heavy (non-hydrogen) atoms. The maximum atomic E-state index is 12.8. The third-order valence-corrected chi connectivity index (χ3v) is 2.66. The van der Waals surface area contributed by atoms with E-state index in [-0.39, 0.29) is 11.8 Å². The molecule has 0 aliphatic heterocycles. The Morgan fingerprint density at radius 2 is 1.76 bits per heavy atom. The number of anilines is 1. The summed E-state index contributed by atoms with van der Waals surface area (Å²) in [6.07, 6.45) is -3.60. The van der Waals surface area contributed by atoms with Crippen molar-refractivity contribution >= 4 is 5.69 Å². The number of nitrogens with zero attached hydrogens (tertiary/aromatic N) is 1. The van der Waals surface area contributed by atoms with Crippen LogP contribution in [-0.4, -0.2) is 11.3 Å². The molecular weight excluding hydrogens is 288 g/mol. The van der Waals surface area contributed by atoms with E-state index >= 15 is 0 Å². The summed E-state index contributed by atoms with van der Waals surface area (Å²) in [5, 5.41) is 3.05. The standard InChI is InChI=1S/C14H12F4N2O/c1-9(13-7-2-10(15)8-19-13)20-11-3-5-12(6-4-11)21-14(16,17)18/h2-9,20H,1H3. The lowest BCUT2D eigenvalue weighted by molar-refractivity contribution is -0.274. The van der Waals surface area contributed by atoms with Crippen molar-refractivity contribution in [3.05, 3.63) is 54.1 Å². The van der Waals surface area contributed by atoms with Gasteiger partial charge >= 0.3 is 6.36 Å². The molecule has 2 aromatic rings. The van der Waals surface area contributed by atoms with Crippen molar-refractivity contribution in [1.82, 2.24) is 4.98 Å². The summed E-state index contributed by atoms with van der Waals surface area (Å²) in [5.41, 5.74) is 1.22. The molecule has 1 unspecified atom stereocenters. The van der Waals surface area contributed by atoms with Crippen LogP contribution in [0, 0.1) is 5.82 Å². The monoisotopic (exact) mass is 300 g/mol. The van der Waals surface area contributed by atoms with Crippen molar-refractivity contribution in [3.8, 4) is 5.75 Å². The Bertz CT molecular complexity index is 581. The van der Waals surface area contributed by atoms with Crippen molar-refractivity contribution in [1.29, 1.82) is 0 Å². The molecule has 2 rings (SSSR count). The number of ether oxygens (including phenoxy) is 1. The normalized spacial score (nSPS) is 12.8. The predicted molar refractivity (Wildman–Crippen MR) is 69.4 cm³/mol. The van der Waals surface area contributed by atoms with Gasteiger partial charge < -0.3 is 10.1 Å². The first-order valence-corrected chi connectivity index (χ1v) is 6.07. The van der Waals surface area contributed by atoms with Crippen molar-refractivity contribution in [3.63, 3.8) is 0 Å². The van der Waals surface area contributed by atoms with Gasteiger partial charge in [-0.05, 0) is 43.3 Å². The van der Waals surface area contributed by atoms with Crippen molar-refractivity contribution < 1.29 is 22.3 Å². The molecule has 1 atom stereocenters. The zero-order valence-electron chi connectivity index (χ0n) is 11.0. The second-order valence-corrected chi connectivity index (χ2v) is 4.34. The minimum Gasteiger partial charge on any atom is -0.406 e. The van der Waals surface area contributed by atoms with Crippen LogP contribution in [0.25, 0.3) is 0 Å². The molecule has 0 amide bonds. The molecular formula is C14H12F4N2O. The highest BCUT2D eigenvalue weighted by atomic mass is 19.4. The number of nitrogens with one attached hydrogen (secondary N) is 1. The van der Waals surface area contributed by atoms with Gasteiger partial charge in [-0.1, -0.05) is 0 Å². The van der Waals surface area contributed by atoms with Gasteiger partial charge in [0.15, 0.2) is 0 Å². The Balaban J connectivity index is 2.01. The van der Waals surface area contributed by atoms with Gasteiger partial charge in [0, 0.05) is 5.69 Å². The average molecular weight is 300 g/mol. The topological polar surface area (TPSA) is 34.1 Å². The number of alkyl halides is 3. The van der Waals surface area contributed by atoms with Crippen LogP contribution < -0.4 is 10.1 Å². The molecule has 0 spiro atoms. The van der Waals surface area contributed by atoms with E-state index in [0.717, 1.165) is 6.20 Å². The zero-order chi connectivity index (χ0) is 15.5. The van der Waals surface area contributed by atoms with E-state index in [1.54, 1.807) is 6.92 Å². The fourth-order valence-electron chi connectivity index (χ4n) is 1.72. The zero-order valence-corrected chi connectivity index (χ0v) is 11.0. The Morgan fingerprint density at radius 3 is 2.29 bits per heavy atom. The molecule has 0 aliphatic carbocycles. The summed E-state index contributed by atoms with van der Waals surface area (Å²) in [6, 6.07) is 7.94. The van der Waals surface area contributed by atoms with Gasteiger partial charge in [-0.15, -0.1) is 13.2 Å². The van der Waals surface area contributed by atoms with Gasteiger partial charge in [-0.3, -0.25) is 4.98 Å². The molecule has 1 N–H and O–H groups in total. The SMILES string of the molecule is CC(Nc1ccc(OC(F)(F)F)cc1)c1ccc(F)cn1. The van der Waals surface area contributed by atoms with E-state index in [9.17, 15) is 17.6 Å². The van der Waals surface area contributed by atoms with Gasteiger partial charge in [0.05, 0.1) is 17.9 Å². The van der Waals surface area contributed by atoms with Gasteiger partial charge in [-0.2, -0.15) is 0 Å². The number of halogens is 4. The first-order valence-electron chi connectivity index (χ1n) is 6.07. The van der Waals surface area contributed by atoms with Crippen LogP contribution in [-0.2, 0) is 0 Å². The molecule has 3 nitrogen and oxygen atoms in total. The maximum Gasteiger partial charge on any atom is 0.573 e. The highest BCUT2D eigenvalue weighted by Crippen LogP contribution is 2.25. The van der Waals surface area contributed by atoms with Crippen LogP contribution >= 0.6 is 0 Å². The molecule has 0 bridgehead atoms. The third-order valence-electron chi connectivity index (χ3n) is 2.66. The van der Waals surface area contributed by atoms with Crippen LogP contribution in [0.5, 0.6) is 5.75 Å². The second kappa shape index (κ2) is 5.99. The summed E-state index contributed by atoms with van der Waals surface area (Å²) in [7, 11) is 0. The third kappa shape index (κ3) is 4.62. The highest BCUT2D eigenvalue weighted by Gasteiger charge is 2.30. The van der Waals surface area contributed by atoms with Gasteiger partial charge in [-0.25, -0.2) is 4.39 Å². The average Bonchev–Trinajstić information content (AvgIpc) is 2.40. The van der Waals surface area contributed by atoms with Crippen molar-refractivity contribution in [2.45, 2.75) is 19.3 Å². The number of benzene rings is 1. The van der Waals surface area contributed by atoms with Crippen molar-refractivity contribution in [2.24, 2.45) is 0 Å². The minimum atomic E-state index is -4.71. The van der Waals surface area contributed by atoms with E-state index < -0.39 is 12.2 Å². The minimum absolute atomic E-state index is 0.222. The maximum absolute atomic E-state index is 12.8. The Hall–Kier alpha value is -2.31. The fourth-order valence-corrected chi connectivity index (χ4v) is 1.72. The molecule has 1 heterocycles. The molecule has 7 heteroatoms. The Kier molecular flexibility index (Phi) is 4.30. The molecule has 0 aliphatic rings. The largest absolute Gasteiger partial charge is 0.573 e. The first-order chi connectivity index (χ1) is 9.83. The summed E-state index contributed by atoms with van der Waals surface area (Å²) < 4.78 is 52.6. The van der Waals surface area contributed by atoms with Crippen LogP contribution in [0.4, 0.5) is 23.2 Å². The first kappa shape index (κ1) is 15.1. The Labute approximate surface area is 118 Å². The second-order valence-electron chi connectivity index (χ2n) is 4.34. The number of rotatable bonds is 4. The predicted octanol–water partition coefficient (Wildman–Crippen LogP) is 4.29. The van der Waals surface area contributed by atoms with Crippen LogP contribution in [0.15, 0.2) is 42.6 Å². The molecule has 0 fully saturated rings. The fraction of sp³-hybridized carbons (Fsp3) is 0.214. The van der Waals surface area contributed by atoms with Crippen LogP contribution in [0.1, 0.15) is 18.7 Å². The Morgan fingerprint density at radius 1 is 1.10 bits per heavy atom. The molecule has 112 valence electrons. The van der Waals surface area contributed by atoms with E-state index in [1.807, 2.05) is 0 Å². The molecule has 0 saturated heterocycles. The van der Waals surface area contributed by atoms with E-state index in [1.165, 1.54) is 36.4 Å². The lowest BCUT2D eigenvalue weighted by atomic mass is 10.2. The van der Waals surface area contributed by atoms with Crippen LogP contribution in [0.2, 0.25) is 0 Å². The van der Waals surface area contributed by atoms with Crippen molar-refractivity contribution in [2.75, 3.05) is 5.32 Å². The summed E-state index contributed by atoms with van der Waals surface area (Å²) in [6.45, 7) is 1.81. The van der Waals surface area contributed by atoms with Gasteiger partial charge in [0.25, 0.3) is 0 Å². The molecule has 1 aromatic carbocycles. The smallest absolute Gasteiger partial charge is 0.406 e. The van der Waals surface area contributed by atoms with Gasteiger partial charge in [0.1, 0.15) is 11.6 Å². The van der Waals surface area contributed by atoms with E-state index in [0.29, 0.717) is 11.4 Å². The summed E-state index contributed by atoms with van der Waals surface area (Å²) in [5.74, 6) is -0.722. The lowest BCUT2D eigenvalue weighted by Crippen LogP contribution is -2.17. The molecule has 0 saturated carbocycles. The molecule has 1 aromatic heterocycles. The lowest BCUT2D eigenvalue weighted by Gasteiger charge is -2.15. The van der Waals surface area contributed by atoms with E-state index in [4.69, 9.17) is 0 Å². The van der Waals surface area contributed by atoms with Gasteiger partial charge in [0.2, 0.25) is 0 Å². The molecule has 0 radical (unpaired) electrons. The highest BCUT2D eigenvalue weighted by molar-refractivity contribution is 5.47. The number of hydrogen-bond acceptors (Lipinski definition) is 3. The van der Waals surface area contributed by atoms with E-state index in [2.05, 4.69) is 15.0 Å². The van der Waals surface area contributed by atoms with Crippen LogP contribution in [0.3, 0.4) is 0 Å². The number of pyridine rings is 1.